The Labute approximate surface area is 156 Å². The minimum atomic E-state index is -3.41. The molecule has 0 unspecified atom stereocenters. The van der Waals surface area contributed by atoms with E-state index in [1.807, 2.05) is 44.2 Å². The topological polar surface area (TPSA) is 73.9 Å². The Bertz CT molecular complexity index is 641. The second kappa shape index (κ2) is 8.66. The number of hydrogen-bond acceptors (Lipinski definition) is 6. The summed E-state index contributed by atoms with van der Waals surface area (Å²) < 4.78 is 30.1. The molecule has 0 aliphatic carbocycles. The first kappa shape index (κ1) is 21.1. The van der Waals surface area contributed by atoms with Crippen LogP contribution < -0.4 is 5.32 Å². The molecule has 1 aliphatic heterocycles. The predicted molar refractivity (Wildman–Crippen MR) is 101 cm³/mol. The maximum Gasteiger partial charge on any atom is 0.335 e. The lowest BCUT2D eigenvalue weighted by Gasteiger charge is -2.27. The summed E-state index contributed by atoms with van der Waals surface area (Å²) in [5.74, 6) is -0.351. The largest absolute Gasteiger partial charge is 0.462 e. The lowest BCUT2D eigenvalue weighted by Crippen LogP contribution is -2.47. The molecular weight excluding hydrogens is 353 g/mol. The van der Waals surface area contributed by atoms with E-state index >= 15 is 0 Å². The summed E-state index contributed by atoms with van der Waals surface area (Å²) in [7, 11) is -3.41. The number of benzene rings is 1. The maximum absolute atomic E-state index is 13.5. The molecule has 1 aromatic carbocycles. The van der Waals surface area contributed by atoms with Gasteiger partial charge in [0.15, 0.2) is 0 Å². The number of carbonyl (C=O) groups is 1. The van der Waals surface area contributed by atoms with Gasteiger partial charge in [-0.15, -0.1) is 0 Å². The van der Waals surface area contributed by atoms with E-state index in [-0.39, 0.29) is 31.3 Å². The van der Waals surface area contributed by atoms with Gasteiger partial charge < -0.3 is 13.8 Å². The van der Waals surface area contributed by atoms with E-state index in [1.54, 1.807) is 20.8 Å². The molecule has 2 rings (SSSR count). The van der Waals surface area contributed by atoms with Crippen molar-refractivity contribution < 1.29 is 23.1 Å². The van der Waals surface area contributed by atoms with Gasteiger partial charge in [0.2, 0.25) is 0 Å². The number of carbonyl (C=O) groups excluding carboxylic acids is 1. The highest BCUT2D eigenvalue weighted by Crippen LogP contribution is 2.61. The highest BCUT2D eigenvalue weighted by molar-refractivity contribution is 7.54. The monoisotopic (exact) mass is 383 g/mol. The molecule has 0 bridgehead atoms. The van der Waals surface area contributed by atoms with Crippen LogP contribution in [0.2, 0.25) is 0 Å². The average molecular weight is 383 g/mol. The standard InChI is InChI=1S/C19H30NO5P/c1-6-23-26(22,24-7-2)16-13-19(5,18(21)25-14(3)4)20-17(16)15-11-9-8-10-12-15/h8-12,14,16-17,20H,6-7,13H2,1-5H3/t16-,17-,19-/m0/s1. The van der Waals surface area contributed by atoms with Crippen LogP contribution in [0.3, 0.4) is 0 Å². The first-order valence-electron chi connectivity index (χ1n) is 9.18. The summed E-state index contributed by atoms with van der Waals surface area (Å²) in [4.78, 5) is 12.7. The van der Waals surface area contributed by atoms with Crippen molar-refractivity contribution in [3.8, 4) is 0 Å². The quantitative estimate of drug-likeness (QED) is 0.539. The molecular formula is C19H30NO5P. The van der Waals surface area contributed by atoms with Crippen molar-refractivity contribution in [2.24, 2.45) is 0 Å². The van der Waals surface area contributed by atoms with Crippen molar-refractivity contribution in [2.75, 3.05) is 13.2 Å². The molecule has 0 spiro atoms. The van der Waals surface area contributed by atoms with E-state index in [0.717, 1.165) is 5.56 Å². The lowest BCUT2D eigenvalue weighted by molar-refractivity contribution is -0.154. The fraction of sp³-hybridized carbons (Fsp3) is 0.632. The van der Waals surface area contributed by atoms with Crippen LogP contribution in [-0.4, -0.2) is 36.5 Å². The highest BCUT2D eigenvalue weighted by atomic mass is 31.2. The Hall–Kier alpha value is -1.20. The molecule has 1 aliphatic rings. The van der Waals surface area contributed by atoms with Gasteiger partial charge in [0.25, 0.3) is 0 Å². The van der Waals surface area contributed by atoms with Crippen LogP contribution in [0.5, 0.6) is 0 Å². The molecule has 146 valence electrons. The average Bonchev–Trinajstić information content (AvgIpc) is 2.96. The van der Waals surface area contributed by atoms with Crippen molar-refractivity contribution in [3.05, 3.63) is 35.9 Å². The number of hydrogen-bond donors (Lipinski definition) is 1. The van der Waals surface area contributed by atoms with Crippen LogP contribution in [0.25, 0.3) is 0 Å². The van der Waals surface area contributed by atoms with E-state index in [9.17, 15) is 9.36 Å². The lowest BCUT2D eigenvalue weighted by atomic mass is 9.99. The number of esters is 1. The Morgan fingerprint density at radius 2 is 1.81 bits per heavy atom. The van der Waals surface area contributed by atoms with E-state index in [1.165, 1.54) is 0 Å². The first-order chi connectivity index (χ1) is 12.3. The van der Waals surface area contributed by atoms with Crippen molar-refractivity contribution in [2.45, 2.75) is 64.4 Å². The van der Waals surface area contributed by atoms with E-state index in [4.69, 9.17) is 13.8 Å². The van der Waals surface area contributed by atoms with Crippen molar-refractivity contribution in [3.63, 3.8) is 0 Å². The molecule has 7 heteroatoms. The van der Waals surface area contributed by atoms with Crippen molar-refractivity contribution in [1.29, 1.82) is 0 Å². The zero-order valence-electron chi connectivity index (χ0n) is 16.2. The summed E-state index contributed by atoms with van der Waals surface area (Å²) in [6, 6.07) is 9.33. The second-order valence-corrected chi connectivity index (χ2v) is 9.23. The summed E-state index contributed by atoms with van der Waals surface area (Å²) in [6.45, 7) is 9.55. The minimum Gasteiger partial charge on any atom is -0.462 e. The zero-order chi connectivity index (χ0) is 19.4. The molecule has 6 nitrogen and oxygen atoms in total. The molecule has 26 heavy (non-hydrogen) atoms. The maximum atomic E-state index is 13.5. The molecule has 1 saturated heterocycles. The molecule has 1 N–H and O–H groups in total. The van der Waals surface area contributed by atoms with Gasteiger partial charge in [-0.3, -0.25) is 14.7 Å². The fourth-order valence-corrected chi connectivity index (χ4v) is 5.75. The molecule has 1 fully saturated rings. The third kappa shape index (κ3) is 4.55. The number of ether oxygens (including phenoxy) is 1. The first-order valence-corrected chi connectivity index (χ1v) is 10.8. The van der Waals surface area contributed by atoms with Gasteiger partial charge in [-0.1, -0.05) is 30.3 Å². The van der Waals surface area contributed by atoms with Crippen molar-refractivity contribution >= 4 is 13.6 Å². The van der Waals surface area contributed by atoms with E-state index in [2.05, 4.69) is 5.32 Å². The van der Waals surface area contributed by atoms with Crippen LogP contribution >= 0.6 is 7.60 Å². The minimum absolute atomic E-state index is 0.221. The Balaban J connectivity index is 2.41. The van der Waals surface area contributed by atoms with E-state index < -0.39 is 18.8 Å². The molecule has 1 heterocycles. The third-order valence-corrected chi connectivity index (χ3v) is 6.98. The van der Waals surface area contributed by atoms with Crippen LogP contribution in [0.1, 0.15) is 52.6 Å². The van der Waals surface area contributed by atoms with Gasteiger partial charge in [0, 0.05) is 6.04 Å². The second-order valence-electron chi connectivity index (χ2n) is 6.97. The molecule has 1 aromatic rings. The summed E-state index contributed by atoms with van der Waals surface area (Å²) >= 11 is 0. The Morgan fingerprint density at radius 1 is 1.23 bits per heavy atom. The number of nitrogens with one attached hydrogen (secondary N) is 1. The zero-order valence-corrected chi connectivity index (χ0v) is 17.1. The van der Waals surface area contributed by atoms with E-state index in [0.29, 0.717) is 6.42 Å². The predicted octanol–water partition coefficient (Wildman–Crippen LogP) is 4.07. The van der Waals surface area contributed by atoms with Gasteiger partial charge >= 0.3 is 13.6 Å². The SMILES string of the molecule is CCOP(=O)(OCC)[C@H]1C[C@@](C)(C(=O)OC(C)C)N[C@H]1c1ccccc1. The third-order valence-electron chi connectivity index (χ3n) is 4.45. The summed E-state index contributed by atoms with van der Waals surface area (Å²) in [6.07, 6.45) is 0.0935. The molecule has 3 atom stereocenters. The molecule has 0 saturated carbocycles. The summed E-state index contributed by atoms with van der Waals surface area (Å²) in [5.41, 5.74) is -0.494. The van der Waals surface area contributed by atoms with Crippen LogP contribution in [0.4, 0.5) is 0 Å². The molecule has 0 aromatic heterocycles. The van der Waals surface area contributed by atoms with Gasteiger partial charge in [0.05, 0.1) is 25.0 Å². The van der Waals surface area contributed by atoms with Gasteiger partial charge in [-0.25, -0.2) is 0 Å². The Kier molecular flexibility index (Phi) is 7.03. The van der Waals surface area contributed by atoms with Gasteiger partial charge in [0.1, 0.15) is 5.54 Å². The summed E-state index contributed by atoms with van der Waals surface area (Å²) in [5, 5.41) is 3.35. The van der Waals surface area contributed by atoms with Crippen molar-refractivity contribution in [1.82, 2.24) is 5.32 Å². The smallest absolute Gasteiger partial charge is 0.335 e. The van der Waals surface area contributed by atoms with Crippen LogP contribution in [0.15, 0.2) is 30.3 Å². The van der Waals surface area contributed by atoms with Crippen LogP contribution in [-0.2, 0) is 23.1 Å². The normalized spacial score (nSPS) is 26.2. The highest BCUT2D eigenvalue weighted by Gasteiger charge is 2.55. The molecule has 0 amide bonds. The van der Waals surface area contributed by atoms with Crippen LogP contribution in [0, 0.1) is 0 Å². The number of rotatable bonds is 8. The Morgan fingerprint density at radius 3 is 2.31 bits per heavy atom. The van der Waals surface area contributed by atoms with Gasteiger partial charge in [-0.2, -0.15) is 0 Å². The molecule has 0 radical (unpaired) electrons. The van der Waals surface area contributed by atoms with Gasteiger partial charge in [-0.05, 0) is 46.6 Å². The fourth-order valence-electron chi connectivity index (χ4n) is 3.37.